The molecule has 15 heavy (non-hydrogen) atoms. The molecule has 5 nitrogen and oxygen atoms in total. The molecule has 2 unspecified atom stereocenters. The lowest BCUT2D eigenvalue weighted by Crippen LogP contribution is -2.38. The zero-order chi connectivity index (χ0) is 11.8. The van der Waals surface area contributed by atoms with Crippen molar-refractivity contribution >= 4 is 23.6 Å². The zero-order valence-electron chi connectivity index (χ0n) is 9.28. The molecule has 6 heteroatoms. The molecule has 0 aromatic carbocycles. The first-order chi connectivity index (χ1) is 7.02. The van der Waals surface area contributed by atoms with Gasteiger partial charge < -0.3 is 4.74 Å². The van der Waals surface area contributed by atoms with Crippen molar-refractivity contribution in [1.82, 2.24) is 5.43 Å². The van der Waals surface area contributed by atoms with Crippen molar-refractivity contribution in [3.8, 4) is 0 Å². The number of nitrogens with two attached hydrogens (primary N) is 1. The van der Waals surface area contributed by atoms with Gasteiger partial charge in [-0.25, -0.2) is 5.84 Å². The minimum atomic E-state index is -0.231. The average Bonchev–Trinajstić information content (AvgIpc) is 2.26. The van der Waals surface area contributed by atoms with Crippen molar-refractivity contribution in [2.45, 2.75) is 25.5 Å². The van der Waals surface area contributed by atoms with Gasteiger partial charge in [0.25, 0.3) is 0 Å². The summed E-state index contributed by atoms with van der Waals surface area (Å²) in [5.41, 5.74) is 2.11. The fourth-order valence-corrected chi connectivity index (χ4v) is 1.99. The molecule has 88 valence electrons. The van der Waals surface area contributed by atoms with Crippen molar-refractivity contribution in [3.63, 3.8) is 0 Å². The van der Waals surface area contributed by atoms with E-state index in [9.17, 15) is 9.59 Å². The summed E-state index contributed by atoms with van der Waals surface area (Å²) in [7, 11) is 1.36. The van der Waals surface area contributed by atoms with Crippen LogP contribution in [0.15, 0.2) is 0 Å². The molecule has 0 bridgehead atoms. The normalized spacial score (nSPS) is 14.1. The van der Waals surface area contributed by atoms with Gasteiger partial charge in [-0.2, -0.15) is 11.8 Å². The molecule has 0 aliphatic rings. The van der Waals surface area contributed by atoms with E-state index in [4.69, 9.17) is 5.84 Å². The topological polar surface area (TPSA) is 81.4 Å². The number of amides is 1. The molecule has 0 aliphatic heterocycles. The number of hydrogen-bond donors (Lipinski definition) is 2. The molecule has 0 rings (SSSR count). The highest BCUT2D eigenvalue weighted by molar-refractivity contribution is 7.99. The fourth-order valence-electron chi connectivity index (χ4n) is 0.919. The third kappa shape index (κ3) is 5.64. The molecule has 0 aromatic heterocycles. The number of rotatable bonds is 6. The number of nitrogens with one attached hydrogen (secondary N) is 1. The zero-order valence-corrected chi connectivity index (χ0v) is 10.1. The number of thioether (sulfide) groups is 1. The summed E-state index contributed by atoms with van der Waals surface area (Å²) >= 11 is 1.55. The van der Waals surface area contributed by atoms with Crippen LogP contribution >= 0.6 is 11.8 Å². The van der Waals surface area contributed by atoms with Crippen LogP contribution in [-0.2, 0) is 14.3 Å². The van der Waals surface area contributed by atoms with Gasteiger partial charge in [0, 0.05) is 16.9 Å². The molecular formula is C9H18N2O3S. The van der Waals surface area contributed by atoms with E-state index in [0.29, 0.717) is 12.2 Å². The maximum atomic E-state index is 11.2. The Kier molecular flexibility index (Phi) is 7.15. The molecule has 0 saturated carbocycles. The first kappa shape index (κ1) is 14.2. The minimum Gasteiger partial charge on any atom is -0.469 e. The van der Waals surface area contributed by atoms with Crippen LogP contribution in [0, 0.1) is 5.92 Å². The molecule has 0 heterocycles. The summed E-state index contributed by atoms with van der Waals surface area (Å²) in [6.07, 6.45) is 0.364. The standard InChI is InChI=1S/C9H18N2O3S/c1-6(9(13)11-10)7(2)15-5-4-8(12)14-3/h6-7H,4-5,10H2,1-3H3,(H,11,13). The third-order valence-corrected chi connectivity index (χ3v) is 3.55. The van der Waals surface area contributed by atoms with Crippen LogP contribution in [0.25, 0.3) is 0 Å². The van der Waals surface area contributed by atoms with Crippen molar-refractivity contribution in [2.75, 3.05) is 12.9 Å². The van der Waals surface area contributed by atoms with Gasteiger partial charge in [0.1, 0.15) is 0 Å². The van der Waals surface area contributed by atoms with Crippen LogP contribution in [0.1, 0.15) is 20.3 Å². The summed E-state index contributed by atoms with van der Waals surface area (Å²) < 4.78 is 4.51. The Morgan fingerprint density at radius 1 is 1.47 bits per heavy atom. The summed E-state index contributed by atoms with van der Waals surface area (Å²) in [5.74, 6) is 5.09. The Bertz CT molecular complexity index is 223. The Balaban J connectivity index is 3.78. The number of carbonyl (C=O) groups is 2. The van der Waals surface area contributed by atoms with Gasteiger partial charge in [0.05, 0.1) is 13.5 Å². The van der Waals surface area contributed by atoms with Crippen molar-refractivity contribution in [2.24, 2.45) is 11.8 Å². The van der Waals surface area contributed by atoms with E-state index in [-0.39, 0.29) is 23.0 Å². The second-order valence-electron chi connectivity index (χ2n) is 3.20. The summed E-state index contributed by atoms with van der Waals surface area (Å²) in [4.78, 5) is 22.0. The highest BCUT2D eigenvalue weighted by Crippen LogP contribution is 2.20. The number of carbonyl (C=O) groups excluding carboxylic acids is 2. The van der Waals surface area contributed by atoms with Crippen LogP contribution in [0.3, 0.4) is 0 Å². The van der Waals surface area contributed by atoms with Crippen molar-refractivity contribution in [1.29, 1.82) is 0 Å². The molecular weight excluding hydrogens is 216 g/mol. The van der Waals surface area contributed by atoms with Crippen molar-refractivity contribution in [3.05, 3.63) is 0 Å². The number of methoxy groups -OCH3 is 1. The molecule has 0 spiro atoms. The number of hydrazine groups is 1. The molecule has 0 radical (unpaired) electrons. The van der Waals surface area contributed by atoms with E-state index < -0.39 is 0 Å². The van der Waals surface area contributed by atoms with Gasteiger partial charge in [-0.3, -0.25) is 15.0 Å². The fraction of sp³-hybridized carbons (Fsp3) is 0.778. The Labute approximate surface area is 94.1 Å². The Hall–Kier alpha value is -0.750. The minimum absolute atomic E-state index is 0.123. The van der Waals surface area contributed by atoms with Gasteiger partial charge in [0.2, 0.25) is 5.91 Å². The molecule has 1 amide bonds. The highest BCUT2D eigenvalue weighted by Gasteiger charge is 2.19. The average molecular weight is 234 g/mol. The van der Waals surface area contributed by atoms with Crippen molar-refractivity contribution < 1.29 is 14.3 Å². The predicted molar refractivity (Wildman–Crippen MR) is 60.0 cm³/mol. The van der Waals surface area contributed by atoms with E-state index in [1.165, 1.54) is 7.11 Å². The Morgan fingerprint density at radius 2 is 2.07 bits per heavy atom. The summed E-state index contributed by atoms with van der Waals surface area (Å²) in [5, 5.41) is 0.123. The lowest BCUT2D eigenvalue weighted by atomic mass is 10.1. The molecule has 0 fully saturated rings. The first-order valence-electron chi connectivity index (χ1n) is 4.71. The van der Waals surface area contributed by atoms with E-state index in [1.54, 1.807) is 18.7 Å². The van der Waals surface area contributed by atoms with E-state index >= 15 is 0 Å². The third-order valence-electron chi connectivity index (χ3n) is 2.17. The second kappa shape index (κ2) is 7.53. The molecule has 3 N–H and O–H groups in total. The highest BCUT2D eigenvalue weighted by atomic mass is 32.2. The monoisotopic (exact) mass is 234 g/mol. The number of ether oxygens (including phenoxy) is 1. The van der Waals surface area contributed by atoms with E-state index in [0.717, 1.165) is 0 Å². The molecule has 0 saturated heterocycles. The molecule has 2 atom stereocenters. The smallest absolute Gasteiger partial charge is 0.306 e. The summed E-state index contributed by atoms with van der Waals surface area (Å²) in [6.45, 7) is 3.74. The van der Waals surface area contributed by atoms with Gasteiger partial charge >= 0.3 is 5.97 Å². The number of hydrogen-bond acceptors (Lipinski definition) is 5. The van der Waals surface area contributed by atoms with Gasteiger partial charge in [0.15, 0.2) is 0 Å². The van der Waals surface area contributed by atoms with Gasteiger partial charge in [-0.05, 0) is 0 Å². The second-order valence-corrected chi connectivity index (χ2v) is 4.68. The SMILES string of the molecule is COC(=O)CCSC(C)C(C)C(=O)NN. The van der Waals surface area contributed by atoms with Crippen LogP contribution in [-0.4, -0.2) is 30.0 Å². The van der Waals surface area contributed by atoms with Crippen LogP contribution in [0.4, 0.5) is 0 Å². The number of esters is 1. The first-order valence-corrected chi connectivity index (χ1v) is 5.76. The van der Waals surface area contributed by atoms with Crippen LogP contribution in [0.5, 0.6) is 0 Å². The quantitative estimate of drug-likeness (QED) is 0.299. The molecule has 0 aromatic rings. The maximum absolute atomic E-state index is 11.2. The van der Waals surface area contributed by atoms with E-state index in [1.807, 2.05) is 6.92 Å². The van der Waals surface area contributed by atoms with E-state index in [2.05, 4.69) is 10.2 Å². The molecule has 0 aliphatic carbocycles. The summed E-state index contributed by atoms with van der Waals surface area (Å²) in [6, 6.07) is 0. The van der Waals surface area contributed by atoms with Gasteiger partial charge in [-0.15, -0.1) is 0 Å². The van der Waals surface area contributed by atoms with Crippen LogP contribution in [0.2, 0.25) is 0 Å². The lowest BCUT2D eigenvalue weighted by molar-refractivity contribution is -0.140. The van der Waals surface area contributed by atoms with Gasteiger partial charge in [-0.1, -0.05) is 13.8 Å². The Morgan fingerprint density at radius 3 is 2.53 bits per heavy atom. The maximum Gasteiger partial charge on any atom is 0.306 e. The lowest BCUT2D eigenvalue weighted by Gasteiger charge is -2.17. The van der Waals surface area contributed by atoms with Crippen LogP contribution < -0.4 is 11.3 Å². The predicted octanol–water partition coefficient (Wildman–Crippen LogP) is 0.297. The largest absolute Gasteiger partial charge is 0.469 e.